The second-order valence-corrected chi connectivity index (χ2v) is 6.31. The highest BCUT2D eigenvalue weighted by atomic mass is 32.1. The van der Waals surface area contributed by atoms with Gasteiger partial charge in [-0.2, -0.15) is 0 Å². The number of carbonyl (C=O) groups is 2. The summed E-state index contributed by atoms with van der Waals surface area (Å²) in [6.45, 7) is 0.355. The van der Waals surface area contributed by atoms with Gasteiger partial charge in [-0.3, -0.25) is 14.0 Å². The normalized spacial score (nSPS) is 16.9. The highest BCUT2D eigenvalue weighted by molar-refractivity contribution is 7.15. The zero-order chi connectivity index (χ0) is 15.8. The van der Waals surface area contributed by atoms with E-state index in [1.54, 1.807) is 11.3 Å². The van der Waals surface area contributed by atoms with E-state index in [9.17, 15) is 9.59 Å². The van der Waals surface area contributed by atoms with E-state index in [0.29, 0.717) is 12.2 Å². The van der Waals surface area contributed by atoms with Crippen LogP contribution in [0.3, 0.4) is 0 Å². The quantitative estimate of drug-likeness (QED) is 0.774. The Labute approximate surface area is 136 Å². The first-order valence-electron chi connectivity index (χ1n) is 7.28. The highest BCUT2D eigenvalue weighted by Gasteiger charge is 2.30. The third kappa shape index (κ3) is 2.59. The number of thiazole rings is 1. The number of fused-ring (bicyclic) bond motifs is 2. The van der Waals surface area contributed by atoms with Gasteiger partial charge in [0.2, 0.25) is 11.8 Å². The van der Waals surface area contributed by atoms with Crippen LogP contribution in [0.2, 0.25) is 0 Å². The fourth-order valence-corrected chi connectivity index (χ4v) is 3.53. The molecule has 3 aromatic rings. The van der Waals surface area contributed by atoms with Crippen LogP contribution in [-0.4, -0.2) is 21.2 Å². The molecule has 1 aromatic carbocycles. The Morgan fingerprint density at radius 3 is 3.17 bits per heavy atom. The lowest BCUT2D eigenvalue weighted by Gasteiger charge is -2.24. The van der Waals surface area contributed by atoms with Crippen LogP contribution in [0.4, 0.5) is 5.69 Å². The molecule has 0 spiro atoms. The van der Waals surface area contributed by atoms with Crippen LogP contribution >= 0.6 is 11.3 Å². The number of benzene rings is 1. The lowest BCUT2D eigenvalue weighted by molar-refractivity contribution is -0.126. The molecule has 2 N–H and O–H groups in total. The Morgan fingerprint density at radius 1 is 1.43 bits per heavy atom. The maximum absolute atomic E-state index is 12.5. The molecule has 6 nitrogen and oxygen atoms in total. The number of para-hydroxylation sites is 1. The van der Waals surface area contributed by atoms with Crippen molar-refractivity contribution in [1.29, 1.82) is 0 Å². The van der Waals surface area contributed by atoms with Gasteiger partial charge in [-0.25, -0.2) is 4.98 Å². The van der Waals surface area contributed by atoms with Gasteiger partial charge in [0.25, 0.3) is 0 Å². The molecule has 2 aromatic heterocycles. The van der Waals surface area contributed by atoms with E-state index in [1.807, 2.05) is 46.4 Å². The number of nitrogens with zero attached hydrogens (tertiary/aromatic N) is 2. The molecule has 7 heteroatoms. The highest BCUT2D eigenvalue weighted by Crippen LogP contribution is 2.32. The van der Waals surface area contributed by atoms with Crippen LogP contribution in [0.25, 0.3) is 4.96 Å². The monoisotopic (exact) mass is 326 g/mol. The van der Waals surface area contributed by atoms with Crippen LogP contribution < -0.4 is 10.6 Å². The molecule has 1 atom stereocenters. The summed E-state index contributed by atoms with van der Waals surface area (Å²) in [6, 6.07) is 7.42. The maximum atomic E-state index is 12.5. The van der Waals surface area contributed by atoms with Gasteiger partial charge < -0.3 is 10.6 Å². The first kappa shape index (κ1) is 14.0. The van der Waals surface area contributed by atoms with Gasteiger partial charge in [0, 0.05) is 29.9 Å². The summed E-state index contributed by atoms with van der Waals surface area (Å²) >= 11 is 1.55. The zero-order valence-corrected chi connectivity index (χ0v) is 13.0. The van der Waals surface area contributed by atoms with Crippen molar-refractivity contribution < 1.29 is 9.59 Å². The fraction of sp³-hybridized carbons (Fsp3) is 0.188. The summed E-state index contributed by atoms with van der Waals surface area (Å²) in [5, 5.41) is 7.65. The van der Waals surface area contributed by atoms with Crippen molar-refractivity contribution in [1.82, 2.24) is 14.7 Å². The van der Waals surface area contributed by atoms with Crippen molar-refractivity contribution in [3.8, 4) is 0 Å². The van der Waals surface area contributed by atoms with Crippen LogP contribution in [0.5, 0.6) is 0 Å². The van der Waals surface area contributed by atoms with Crippen molar-refractivity contribution in [3.05, 3.63) is 53.3 Å². The van der Waals surface area contributed by atoms with Crippen LogP contribution in [0, 0.1) is 0 Å². The van der Waals surface area contributed by atoms with E-state index in [0.717, 1.165) is 16.2 Å². The molecule has 3 heterocycles. The minimum atomic E-state index is -0.455. The molecule has 0 saturated carbocycles. The molecule has 4 rings (SSSR count). The number of hydrogen-bond acceptors (Lipinski definition) is 4. The van der Waals surface area contributed by atoms with Gasteiger partial charge in [-0.15, -0.1) is 11.3 Å². The number of carbonyl (C=O) groups excluding carboxylic acids is 2. The molecule has 1 aliphatic rings. The molecule has 0 aliphatic carbocycles. The Balaban J connectivity index is 1.50. The second kappa shape index (κ2) is 5.51. The second-order valence-electron chi connectivity index (χ2n) is 5.44. The van der Waals surface area contributed by atoms with Gasteiger partial charge in [0.1, 0.15) is 0 Å². The minimum Gasteiger partial charge on any atom is -0.350 e. The number of hydrogen-bond donors (Lipinski definition) is 2. The van der Waals surface area contributed by atoms with Gasteiger partial charge in [0.15, 0.2) is 4.96 Å². The number of rotatable bonds is 3. The van der Waals surface area contributed by atoms with E-state index in [-0.39, 0.29) is 18.2 Å². The number of anilines is 1. The fourth-order valence-electron chi connectivity index (χ4n) is 2.81. The van der Waals surface area contributed by atoms with E-state index >= 15 is 0 Å². The molecule has 23 heavy (non-hydrogen) atoms. The number of aromatic nitrogens is 2. The van der Waals surface area contributed by atoms with E-state index in [2.05, 4.69) is 15.6 Å². The Hall–Kier alpha value is -2.67. The lowest BCUT2D eigenvalue weighted by atomic mass is 9.90. The summed E-state index contributed by atoms with van der Waals surface area (Å²) in [7, 11) is 0. The lowest BCUT2D eigenvalue weighted by Crippen LogP contribution is -2.34. The SMILES string of the molecule is O=C1CC(C(=O)NCc2cn3ccsc3n2)c2ccccc2N1. The molecule has 1 aliphatic heterocycles. The minimum absolute atomic E-state index is 0.133. The molecule has 0 fully saturated rings. The summed E-state index contributed by atoms with van der Waals surface area (Å²) in [5.74, 6) is -0.737. The topological polar surface area (TPSA) is 75.5 Å². The van der Waals surface area contributed by atoms with Crippen molar-refractivity contribution >= 4 is 33.8 Å². The zero-order valence-electron chi connectivity index (χ0n) is 12.2. The summed E-state index contributed by atoms with van der Waals surface area (Å²) in [5.41, 5.74) is 2.38. The molecule has 0 saturated heterocycles. The molecule has 2 amide bonds. The van der Waals surface area contributed by atoms with Gasteiger partial charge in [-0.1, -0.05) is 18.2 Å². The van der Waals surface area contributed by atoms with Crippen LogP contribution in [-0.2, 0) is 16.1 Å². The number of nitrogens with one attached hydrogen (secondary N) is 2. The first-order chi connectivity index (χ1) is 11.2. The van der Waals surface area contributed by atoms with Crippen LogP contribution in [0.1, 0.15) is 23.6 Å². The molecular formula is C16H14N4O2S. The van der Waals surface area contributed by atoms with E-state index in [1.165, 1.54) is 0 Å². The third-order valence-corrected chi connectivity index (χ3v) is 4.67. The largest absolute Gasteiger partial charge is 0.350 e. The predicted octanol–water partition coefficient (Wildman–Crippen LogP) is 2.14. The molecule has 0 radical (unpaired) electrons. The third-order valence-electron chi connectivity index (χ3n) is 3.90. The van der Waals surface area contributed by atoms with E-state index in [4.69, 9.17) is 0 Å². The Morgan fingerprint density at radius 2 is 2.30 bits per heavy atom. The molecule has 1 unspecified atom stereocenters. The average molecular weight is 326 g/mol. The molecule has 0 bridgehead atoms. The van der Waals surface area contributed by atoms with E-state index < -0.39 is 5.92 Å². The number of imidazole rings is 1. The summed E-state index contributed by atoms with van der Waals surface area (Å²) in [4.78, 5) is 29.6. The summed E-state index contributed by atoms with van der Waals surface area (Å²) < 4.78 is 1.93. The standard InChI is InChI=1S/C16H14N4O2S/c21-14-7-12(11-3-1-2-4-13(11)19-14)15(22)17-8-10-9-20-5-6-23-16(20)18-10/h1-6,9,12H,7-8H2,(H,17,22)(H,19,21). The van der Waals surface area contributed by atoms with Gasteiger partial charge in [0.05, 0.1) is 18.2 Å². The van der Waals surface area contributed by atoms with Crippen molar-refractivity contribution in [3.63, 3.8) is 0 Å². The smallest absolute Gasteiger partial charge is 0.228 e. The van der Waals surface area contributed by atoms with Gasteiger partial charge >= 0.3 is 0 Å². The number of amides is 2. The first-order valence-corrected chi connectivity index (χ1v) is 8.16. The summed E-state index contributed by atoms with van der Waals surface area (Å²) in [6.07, 6.45) is 3.99. The predicted molar refractivity (Wildman–Crippen MR) is 87.3 cm³/mol. The van der Waals surface area contributed by atoms with Crippen molar-refractivity contribution in [2.45, 2.75) is 18.9 Å². The van der Waals surface area contributed by atoms with Crippen molar-refractivity contribution in [2.24, 2.45) is 0 Å². The maximum Gasteiger partial charge on any atom is 0.228 e. The Kier molecular flexibility index (Phi) is 3.34. The van der Waals surface area contributed by atoms with Crippen LogP contribution in [0.15, 0.2) is 42.0 Å². The molecular weight excluding hydrogens is 312 g/mol. The average Bonchev–Trinajstić information content (AvgIpc) is 3.13. The van der Waals surface area contributed by atoms with Crippen molar-refractivity contribution in [2.75, 3.05) is 5.32 Å². The Bertz CT molecular complexity index is 870. The van der Waals surface area contributed by atoms with Gasteiger partial charge in [-0.05, 0) is 11.6 Å². The molecule has 116 valence electrons.